The van der Waals surface area contributed by atoms with E-state index in [2.05, 4.69) is 14.5 Å². The van der Waals surface area contributed by atoms with Crippen LogP contribution in [-0.2, 0) is 6.54 Å². The highest BCUT2D eigenvalue weighted by molar-refractivity contribution is 7.15. The van der Waals surface area contributed by atoms with Gasteiger partial charge in [-0.05, 0) is 43.9 Å². The van der Waals surface area contributed by atoms with Crippen molar-refractivity contribution in [2.24, 2.45) is 0 Å². The van der Waals surface area contributed by atoms with Crippen LogP contribution in [0.3, 0.4) is 0 Å². The normalized spacial score (nSPS) is 16.2. The van der Waals surface area contributed by atoms with Gasteiger partial charge < -0.3 is 9.47 Å². The Morgan fingerprint density at radius 3 is 2.67 bits per heavy atom. The molecular formula is C26H25FN4OS. The molecular weight excluding hydrogens is 435 g/mol. The molecule has 2 aromatic carbocycles. The van der Waals surface area contributed by atoms with Crippen LogP contribution in [0.2, 0.25) is 0 Å². The number of nitrogens with zero attached hydrogens (tertiary/aromatic N) is 4. The molecule has 2 aromatic heterocycles. The lowest BCUT2D eigenvalue weighted by Gasteiger charge is -2.35. The van der Waals surface area contributed by atoms with E-state index in [1.807, 2.05) is 54.7 Å². The van der Waals surface area contributed by atoms with Crippen molar-refractivity contribution in [1.82, 2.24) is 19.4 Å². The standard InChI is InChI=1S/C26H25FN4OS/c1-18-29-24(25(33-18)20-10-12-21(27)13-11-20)26(32)31-14-6-5-9-22(31)15-30-16-23(28-17-30)19-7-3-2-4-8-19/h2-4,7-8,10-13,16-17,22H,5-6,9,14-15H2,1H3. The van der Waals surface area contributed by atoms with Crippen LogP contribution < -0.4 is 0 Å². The van der Waals surface area contributed by atoms with E-state index in [9.17, 15) is 9.18 Å². The van der Waals surface area contributed by atoms with E-state index in [4.69, 9.17) is 0 Å². The topological polar surface area (TPSA) is 51.0 Å². The molecule has 33 heavy (non-hydrogen) atoms. The lowest BCUT2D eigenvalue weighted by atomic mass is 10.0. The van der Waals surface area contributed by atoms with E-state index in [0.29, 0.717) is 18.8 Å². The zero-order chi connectivity index (χ0) is 22.8. The van der Waals surface area contributed by atoms with Crippen LogP contribution in [-0.4, -0.2) is 37.9 Å². The van der Waals surface area contributed by atoms with Gasteiger partial charge in [-0.15, -0.1) is 11.3 Å². The first-order valence-electron chi connectivity index (χ1n) is 11.2. The Morgan fingerprint density at radius 2 is 1.88 bits per heavy atom. The summed E-state index contributed by atoms with van der Waals surface area (Å²) in [6.07, 6.45) is 6.91. The van der Waals surface area contributed by atoms with E-state index in [1.54, 1.807) is 12.1 Å². The minimum atomic E-state index is -0.292. The highest BCUT2D eigenvalue weighted by Gasteiger charge is 2.31. The maximum absolute atomic E-state index is 13.7. The molecule has 0 aliphatic carbocycles. The molecule has 3 heterocycles. The fourth-order valence-corrected chi connectivity index (χ4v) is 5.34. The van der Waals surface area contributed by atoms with Gasteiger partial charge in [0, 0.05) is 30.9 Å². The van der Waals surface area contributed by atoms with Gasteiger partial charge in [-0.2, -0.15) is 0 Å². The number of aryl methyl sites for hydroxylation is 1. The quantitative estimate of drug-likeness (QED) is 0.377. The predicted octanol–water partition coefficient (Wildman–Crippen LogP) is 5.82. The molecule has 5 nitrogen and oxygen atoms in total. The molecule has 0 N–H and O–H groups in total. The Morgan fingerprint density at radius 1 is 1.09 bits per heavy atom. The van der Waals surface area contributed by atoms with Gasteiger partial charge in [-0.25, -0.2) is 14.4 Å². The Bertz CT molecular complexity index is 1250. The molecule has 4 aromatic rings. The van der Waals surface area contributed by atoms with E-state index >= 15 is 0 Å². The zero-order valence-electron chi connectivity index (χ0n) is 18.4. The fraction of sp³-hybridized carbons (Fsp3) is 0.269. The SMILES string of the molecule is Cc1nc(C(=O)N2CCCCC2Cn2cnc(-c3ccccc3)c2)c(-c2ccc(F)cc2)s1. The second kappa shape index (κ2) is 9.27. The number of benzene rings is 2. The molecule has 1 aliphatic heterocycles. The van der Waals surface area contributed by atoms with E-state index < -0.39 is 0 Å². The molecule has 0 saturated carbocycles. The molecule has 1 unspecified atom stereocenters. The highest BCUT2D eigenvalue weighted by Crippen LogP contribution is 2.32. The summed E-state index contributed by atoms with van der Waals surface area (Å²) in [5, 5.41) is 0.827. The fourth-order valence-electron chi connectivity index (χ4n) is 4.42. The number of carbonyl (C=O) groups is 1. The zero-order valence-corrected chi connectivity index (χ0v) is 19.3. The summed E-state index contributed by atoms with van der Waals surface area (Å²) >= 11 is 1.48. The number of piperidine rings is 1. The number of likely N-dealkylation sites (tertiary alicyclic amines) is 1. The summed E-state index contributed by atoms with van der Waals surface area (Å²) < 4.78 is 15.5. The van der Waals surface area contributed by atoms with Crippen molar-refractivity contribution in [3.05, 3.63) is 83.6 Å². The van der Waals surface area contributed by atoms with Crippen molar-refractivity contribution < 1.29 is 9.18 Å². The van der Waals surface area contributed by atoms with Crippen LogP contribution in [0, 0.1) is 12.7 Å². The highest BCUT2D eigenvalue weighted by atomic mass is 32.1. The number of aromatic nitrogens is 3. The predicted molar refractivity (Wildman–Crippen MR) is 129 cm³/mol. The molecule has 1 saturated heterocycles. The molecule has 1 aliphatic rings. The number of halogens is 1. The van der Waals surface area contributed by atoms with Gasteiger partial charge in [0.05, 0.1) is 21.9 Å². The largest absolute Gasteiger partial charge is 0.335 e. The van der Waals surface area contributed by atoms with Crippen LogP contribution in [0.1, 0.15) is 34.8 Å². The minimum Gasteiger partial charge on any atom is -0.335 e. The number of carbonyl (C=O) groups excluding carboxylic acids is 1. The van der Waals surface area contributed by atoms with Gasteiger partial charge in [0.15, 0.2) is 0 Å². The van der Waals surface area contributed by atoms with Crippen LogP contribution in [0.4, 0.5) is 4.39 Å². The molecule has 0 radical (unpaired) electrons. The molecule has 0 bridgehead atoms. The maximum Gasteiger partial charge on any atom is 0.274 e. The van der Waals surface area contributed by atoms with Gasteiger partial charge in [0.1, 0.15) is 11.5 Å². The second-order valence-corrected chi connectivity index (χ2v) is 9.59. The van der Waals surface area contributed by atoms with Gasteiger partial charge in [0.2, 0.25) is 0 Å². The molecule has 7 heteroatoms. The van der Waals surface area contributed by atoms with Crippen LogP contribution >= 0.6 is 11.3 Å². The molecule has 0 spiro atoms. The van der Waals surface area contributed by atoms with Crippen molar-refractivity contribution in [3.63, 3.8) is 0 Å². The summed E-state index contributed by atoms with van der Waals surface area (Å²) in [6, 6.07) is 16.4. The Labute approximate surface area is 196 Å². The van der Waals surface area contributed by atoms with Crippen molar-refractivity contribution in [2.45, 2.75) is 38.8 Å². The Kier molecular flexibility index (Phi) is 6.05. The summed E-state index contributed by atoms with van der Waals surface area (Å²) in [6.45, 7) is 3.31. The van der Waals surface area contributed by atoms with Crippen LogP contribution in [0.5, 0.6) is 0 Å². The first-order chi connectivity index (χ1) is 16.1. The van der Waals surface area contributed by atoms with Gasteiger partial charge in [-0.3, -0.25) is 4.79 Å². The van der Waals surface area contributed by atoms with E-state index in [1.165, 1.54) is 23.5 Å². The van der Waals surface area contributed by atoms with Crippen molar-refractivity contribution >= 4 is 17.2 Å². The average molecular weight is 461 g/mol. The number of amides is 1. The molecule has 5 rings (SSSR count). The first-order valence-corrected chi connectivity index (χ1v) is 12.0. The molecule has 168 valence electrons. The number of hydrogen-bond donors (Lipinski definition) is 0. The third-order valence-corrected chi connectivity index (χ3v) is 7.08. The van der Waals surface area contributed by atoms with Gasteiger partial charge in [0.25, 0.3) is 5.91 Å². The molecule has 1 atom stereocenters. The number of rotatable bonds is 5. The maximum atomic E-state index is 13.7. The summed E-state index contributed by atoms with van der Waals surface area (Å²) in [5.74, 6) is -0.342. The lowest BCUT2D eigenvalue weighted by molar-refractivity contribution is 0.0584. The van der Waals surface area contributed by atoms with Gasteiger partial charge in [-0.1, -0.05) is 42.5 Å². The number of imidazole rings is 1. The van der Waals surface area contributed by atoms with Gasteiger partial charge >= 0.3 is 0 Å². The van der Waals surface area contributed by atoms with E-state index in [0.717, 1.165) is 46.0 Å². The molecule has 1 amide bonds. The molecule has 1 fully saturated rings. The van der Waals surface area contributed by atoms with E-state index in [-0.39, 0.29) is 17.8 Å². The third-order valence-electron chi connectivity index (χ3n) is 6.06. The number of thiazole rings is 1. The van der Waals surface area contributed by atoms with Crippen molar-refractivity contribution in [1.29, 1.82) is 0 Å². The van der Waals surface area contributed by atoms with Crippen molar-refractivity contribution in [2.75, 3.05) is 6.54 Å². The minimum absolute atomic E-state index is 0.0493. The Balaban J connectivity index is 1.39. The monoisotopic (exact) mass is 460 g/mol. The summed E-state index contributed by atoms with van der Waals surface area (Å²) in [7, 11) is 0. The third kappa shape index (κ3) is 4.59. The average Bonchev–Trinajstić information content (AvgIpc) is 3.47. The van der Waals surface area contributed by atoms with Crippen LogP contribution in [0.15, 0.2) is 67.1 Å². The van der Waals surface area contributed by atoms with Crippen molar-refractivity contribution in [3.8, 4) is 21.7 Å². The summed E-state index contributed by atoms with van der Waals surface area (Å²) in [4.78, 5) is 25.6. The second-order valence-electron chi connectivity index (χ2n) is 8.39. The Hall–Kier alpha value is -3.32. The summed E-state index contributed by atoms with van der Waals surface area (Å²) in [5.41, 5.74) is 3.29. The first kappa shape index (κ1) is 21.5. The lowest BCUT2D eigenvalue weighted by Crippen LogP contribution is -2.46. The van der Waals surface area contributed by atoms with Crippen LogP contribution in [0.25, 0.3) is 21.7 Å². The number of hydrogen-bond acceptors (Lipinski definition) is 4. The smallest absolute Gasteiger partial charge is 0.274 e.